The number of pyridine rings is 1. The van der Waals surface area contributed by atoms with E-state index in [0.717, 1.165) is 28.3 Å². The lowest BCUT2D eigenvalue weighted by atomic mass is 9.91. The van der Waals surface area contributed by atoms with Crippen molar-refractivity contribution in [3.05, 3.63) is 72.1 Å². The third-order valence-corrected chi connectivity index (χ3v) is 5.23. The van der Waals surface area contributed by atoms with Gasteiger partial charge in [0.25, 0.3) is 5.91 Å². The van der Waals surface area contributed by atoms with E-state index in [1.165, 1.54) is 4.90 Å². The topological polar surface area (TPSA) is 62.3 Å². The number of rotatable bonds is 1. The van der Waals surface area contributed by atoms with Gasteiger partial charge in [-0.1, -0.05) is 48.5 Å². The summed E-state index contributed by atoms with van der Waals surface area (Å²) in [7, 11) is 0. The first-order valence-electron chi connectivity index (χ1n) is 8.28. The molecule has 1 spiro atoms. The first kappa shape index (κ1) is 14.2. The largest absolute Gasteiger partial charge is 0.330 e. The average molecular weight is 329 g/mol. The van der Waals surface area contributed by atoms with Crippen LogP contribution >= 0.6 is 0 Å². The van der Waals surface area contributed by atoms with E-state index in [1.54, 1.807) is 12.4 Å². The molecule has 0 bridgehead atoms. The molecule has 2 aliphatic rings. The van der Waals surface area contributed by atoms with Crippen LogP contribution in [0.4, 0.5) is 10.5 Å². The second-order valence-corrected chi connectivity index (χ2v) is 6.51. The number of anilines is 1. The third-order valence-electron chi connectivity index (χ3n) is 5.23. The first-order chi connectivity index (χ1) is 12.2. The van der Waals surface area contributed by atoms with Crippen molar-refractivity contribution in [2.75, 3.05) is 4.90 Å². The van der Waals surface area contributed by atoms with Crippen molar-refractivity contribution >= 4 is 28.4 Å². The predicted molar refractivity (Wildman–Crippen MR) is 94.2 cm³/mol. The molecule has 2 heterocycles. The normalized spacial score (nSPS) is 21.8. The van der Waals surface area contributed by atoms with Gasteiger partial charge in [0.2, 0.25) is 0 Å². The molecule has 5 heteroatoms. The number of amides is 3. The molecule has 1 aliphatic heterocycles. The Balaban J connectivity index is 1.68. The molecule has 122 valence electrons. The minimum absolute atomic E-state index is 0.222. The van der Waals surface area contributed by atoms with Crippen LogP contribution in [0.2, 0.25) is 0 Å². The van der Waals surface area contributed by atoms with Gasteiger partial charge in [-0.3, -0.25) is 9.78 Å². The van der Waals surface area contributed by atoms with Crippen LogP contribution in [0, 0.1) is 0 Å². The molecule has 1 aromatic heterocycles. The Morgan fingerprint density at radius 3 is 2.72 bits per heavy atom. The summed E-state index contributed by atoms with van der Waals surface area (Å²) < 4.78 is 0. The zero-order valence-corrected chi connectivity index (χ0v) is 13.4. The predicted octanol–water partition coefficient (Wildman–Crippen LogP) is 3.13. The van der Waals surface area contributed by atoms with Gasteiger partial charge in [-0.2, -0.15) is 0 Å². The van der Waals surface area contributed by atoms with Crippen LogP contribution in [0.5, 0.6) is 0 Å². The molecule has 0 saturated carbocycles. The van der Waals surface area contributed by atoms with Crippen molar-refractivity contribution in [1.82, 2.24) is 10.3 Å². The number of urea groups is 1. The molecule has 5 nitrogen and oxygen atoms in total. The van der Waals surface area contributed by atoms with Crippen LogP contribution in [0.3, 0.4) is 0 Å². The minimum atomic E-state index is -0.954. The zero-order chi connectivity index (χ0) is 17.0. The first-order valence-corrected chi connectivity index (χ1v) is 8.28. The summed E-state index contributed by atoms with van der Waals surface area (Å²) in [4.78, 5) is 31.6. The summed E-state index contributed by atoms with van der Waals surface area (Å²) in [6, 6.07) is 15.1. The lowest BCUT2D eigenvalue weighted by Crippen LogP contribution is -2.42. The zero-order valence-electron chi connectivity index (χ0n) is 13.4. The lowest BCUT2D eigenvalue weighted by molar-refractivity contribution is -0.122. The number of nitrogens with one attached hydrogen (secondary N) is 1. The van der Waals surface area contributed by atoms with Gasteiger partial charge in [0.15, 0.2) is 0 Å². The number of carbonyl (C=O) groups is 2. The third kappa shape index (κ3) is 1.80. The summed E-state index contributed by atoms with van der Waals surface area (Å²) in [6.45, 7) is 0. The number of nitrogens with zero attached hydrogens (tertiary/aromatic N) is 2. The molecule has 3 amide bonds. The molecule has 25 heavy (non-hydrogen) atoms. The molecule has 0 radical (unpaired) electrons. The fourth-order valence-corrected chi connectivity index (χ4v) is 4.04. The van der Waals surface area contributed by atoms with E-state index >= 15 is 0 Å². The average Bonchev–Trinajstić information content (AvgIpc) is 3.13. The Morgan fingerprint density at radius 2 is 1.80 bits per heavy atom. The number of benzene rings is 2. The highest BCUT2D eigenvalue weighted by Gasteiger charge is 2.55. The molecular weight excluding hydrogens is 314 g/mol. The smallest absolute Gasteiger partial charge is 0.319 e. The van der Waals surface area contributed by atoms with E-state index in [4.69, 9.17) is 0 Å². The van der Waals surface area contributed by atoms with Crippen molar-refractivity contribution in [2.45, 2.75) is 18.4 Å². The highest BCUT2D eigenvalue weighted by molar-refractivity contribution is 6.26. The van der Waals surface area contributed by atoms with Crippen LogP contribution in [0.1, 0.15) is 17.5 Å². The van der Waals surface area contributed by atoms with E-state index in [9.17, 15) is 9.59 Å². The maximum atomic E-state index is 13.4. The van der Waals surface area contributed by atoms with Crippen LogP contribution in [0.25, 0.3) is 10.8 Å². The standard InChI is InChI=1S/C20H15N3O2/c24-18-20(10-9-13-5-2-4-8-16(13)20)22-19(25)23(18)17-12-21-11-14-6-1-3-7-15(14)17/h1-8,11-12H,9-10H2,(H,22,25). The molecule has 1 N–H and O–H groups in total. The Kier molecular flexibility index (Phi) is 2.77. The minimum Gasteiger partial charge on any atom is -0.319 e. The highest BCUT2D eigenvalue weighted by Crippen LogP contribution is 2.43. The van der Waals surface area contributed by atoms with Gasteiger partial charge in [-0.05, 0) is 24.0 Å². The SMILES string of the molecule is O=C1NC2(CCc3ccccc32)C(=O)N1c1cncc2ccccc12. The monoisotopic (exact) mass is 329 g/mol. The van der Waals surface area contributed by atoms with E-state index in [-0.39, 0.29) is 11.9 Å². The number of aryl methyl sites for hydroxylation is 1. The fraction of sp³-hybridized carbons (Fsp3) is 0.150. The van der Waals surface area contributed by atoms with Crippen molar-refractivity contribution < 1.29 is 9.59 Å². The number of fused-ring (bicyclic) bond motifs is 3. The van der Waals surface area contributed by atoms with Crippen molar-refractivity contribution in [3.63, 3.8) is 0 Å². The second kappa shape index (κ2) is 4.89. The molecule has 1 fully saturated rings. The maximum absolute atomic E-state index is 13.4. The Bertz CT molecular complexity index is 1040. The highest BCUT2D eigenvalue weighted by atomic mass is 16.2. The second-order valence-electron chi connectivity index (χ2n) is 6.51. The number of hydrogen-bond acceptors (Lipinski definition) is 3. The van der Waals surface area contributed by atoms with Gasteiger partial charge in [-0.15, -0.1) is 0 Å². The maximum Gasteiger partial charge on any atom is 0.330 e. The molecule has 5 rings (SSSR count). The summed E-state index contributed by atoms with van der Waals surface area (Å²) >= 11 is 0. The fourth-order valence-electron chi connectivity index (χ4n) is 4.04. The Hall–Kier alpha value is -3.21. The van der Waals surface area contributed by atoms with Gasteiger partial charge >= 0.3 is 6.03 Å². The van der Waals surface area contributed by atoms with Crippen molar-refractivity contribution in [3.8, 4) is 0 Å². The molecular formula is C20H15N3O2. The summed E-state index contributed by atoms with van der Waals surface area (Å²) in [5.74, 6) is -0.222. The van der Waals surface area contributed by atoms with Gasteiger partial charge in [0.1, 0.15) is 5.54 Å². The molecule has 1 atom stereocenters. The number of carbonyl (C=O) groups excluding carboxylic acids is 2. The molecule has 1 unspecified atom stereocenters. The van der Waals surface area contributed by atoms with Gasteiger partial charge < -0.3 is 5.32 Å². The van der Waals surface area contributed by atoms with Crippen molar-refractivity contribution in [2.24, 2.45) is 0 Å². The quantitative estimate of drug-likeness (QED) is 0.698. The number of imide groups is 1. The van der Waals surface area contributed by atoms with Gasteiger partial charge in [0.05, 0.1) is 11.9 Å². The summed E-state index contributed by atoms with van der Waals surface area (Å²) in [5.41, 5.74) is 1.60. The van der Waals surface area contributed by atoms with Crippen molar-refractivity contribution in [1.29, 1.82) is 0 Å². The van der Waals surface area contributed by atoms with E-state index in [0.29, 0.717) is 12.1 Å². The number of aromatic nitrogens is 1. The van der Waals surface area contributed by atoms with Crippen LogP contribution < -0.4 is 10.2 Å². The number of hydrogen-bond donors (Lipinski definition) is 1. The van der Waals surface area contributed by atoms with Crippen LogP contribution in [-0.4, -0.2) is 16.9 Å². The molecule has 2 aromatic carbocycles. The summed E-state index contributed by atoms with van der Waals surface area (Å²) in [6.07, 6.45) is 4.69. The molecule has 1 aliphatic carbocycles. The molecule has 3 aromatic rings. The van der Waals surface area contributed by atoms with E-state index < -0.39 is 5.54 Å². The van der Waals surface area contributed by atoms with E-state index in [2.05, 4.69) is 10.3 Å². The lowest BCUT2D eigenvalue weighted by Gasteiger charge is -2.22. The van der Waals surface area contributed by atoms with Gasteiger partial charge in [0, 0.05) is 17.0 Å². The van der Waals surface area contributed by atoms with Crippen LogP contribution in [0.15, 0.2) is 60.9 Å². The molecule has 1 saturated heterocycles. The van der Waals surface area contributed by atoms with Crippen LogP contribution in [-0.2, 0) is 16.8 Å². The summed E-state index contributed by atoms with van der Waals surface area (Å²) in [5, 5.41) is 4.69. The van der Waals surface area contributed by atoms with E-state index in [1.807, 2.05) is 48.5 Å². The Labute approximate surface area is 144 Å². The van der Waals surface area contributed by atoms with Gasteiger partial charge in [-0.25, -0.2) is 9.69 Å². The Morgan fingerprint density at radius 1 is 1.00 bits per heavy atom.